The summed E-state index contributed by atoms with van der Waals surface area (Å²) in [6.45, 7) is -0.356. The van der Waals surface area contributed by atoms with Crippen molar-refractivity contribution in [2.24, 2.45) is 0 Å². The van der Waals surface area contributed by atoms with Crippen LogP contribution in [0.2, 0.25) is 5.02 Å². The number of carbonyl (C=O) groups excluding carboxylic acids is 2. The predicted octanol–water partition coefficient (Wildman–Crippen LogP) is 3.15. The van der Waals surface area contributed by atoms with Crippen LogP contribution >= 0.6 is 11.6 Å². The maximum atomic E-state index is 14.8. The Bertz CT molecular complexity index is 1440. The van der Waals surface area contributed by atoms with E-state index in [1.54, 1.807) is 0 Å². The van der Waals surface area contributed by atoms with Gasteiger partial charge in [0.1, 0.15) is 11.5 Å². The second kappa shape index (κ2) is 10.4. The molecule has 4 rings (SSSR count). The van der Waals surface area contributed by atoms with E-state index < -0.39 is 29.4 Å². The van der Waals surface area contributed by atoms with Crippen molar-refractivity contribution in [2.45, 2.75) is 6.54 Å². The molecule has 4 aromatic rings. The maximum Gasteiger partial charge on any atom is 0.333 e. The number of urea groups is 1. The number of pyridine rings is 1. The van der Waals surface area contributed by atoms with Crippen molar-refractivity contribution in [1.29, 1.82) is 0 Å². The molecule has 3 amide bonds. The Morgan fingerprint density at radius 2 is 1.92 bits per heavy atom. The molecule has 3 aromatic heterocycles. The first-order chi connectivity index (χ1) is 17.2. The van der Waals surface area contributed by atoms with Gasteiger partial charge in [0, 0.05) is 22.3 Å². The standard InChI is InChI=1S/C21H15ClF3N7O4/c1-35-18-5-17(36-31-18)20(33)29-30-21(34)27-8-16-14(24)2-10(6-26-16)13-3-11(22)4-15(25)19(13)32-9-12(23)7-28-32/h2-7,9H,8H2,1H3,(H,29,33)(H2,27,30,34). The summed E-state index contributed by atoms with van der Waals surface area (Å²) < 4.78 is 53.3. The lowest BCUT2D eigenvalue weighted by Gasteiger charge is -2.13. The summed E-state index contributed by atoms with van der Waals surface area (Å²) in [4.78, 5) is 27.8. The average Bonchev–Trinajstić information content (AvgIpc) is 3.50. The van der Waals surface area contributed by atoms with Gasteiger partial charge in [-0.05, 0) is 23.4 Å². The molecule has 36 heavy (non-hydrogen) atoms. The second-order valence-corrected chi connectivity index (χ2v) is 7.47. The van der Waals surface area contributed by atoms with Crippen molar-refractivity contribution in [2.75, 3.05) is 7.11 Å². The maximum absolute atomic E-state index is 14.8. The molecule has 0 atom stereocenters. The number of hydrogen-bond donors (Lipinski definition) is 3. The van der Waals surface area contributed by atoms with Gasteiger partial charge in [0.15, 0.2) is 11.6 Å². The zero-order valence-corrected chi connectivity index (χ0v) is 18.9. The largest absolute Gasteiger partial charge is 0.479 e. The van der Waals surface area contributed by atoms with Crippen LogP contribution in [0.5, 0.6) is 5.88 Å². The minimum absolute atomic E-state index is 0.0209. The van der Waals surface area contributed by atoms with Crippen LogP contribution in [0.25, 0.3) is 16.8 Å². The summed E-state index contributed by atoms with van der Waals surface area (Å²) in [5, 5.41) is 9.52. The van der Waals surface area contributed by atoms with E-state index >= 15 is 0 Å². The molecule has 1 aromatic carbocycles. The molecular weight excluding hydrogens is 507 g/mol. The highest BCUT2D eigenvalue weighted by molar-refractivity contribution is 6.31. The molecule has 11 nitrogen and oxygen atoms in total. The third kappa shape index (κ3) is 5.38. The molecule has 0 fully saturated rings. The van der Waals surface area contributed by atoms with Gasteiger partial charge in [-0.3, -0.25) is 15.2 Å². The molecule has 0 aliphatic heterocycles. The molecule has 3 N–H and O–H groups in total. The molecule has 0 spiro atoms. The van der Waals surface area contributed by atoms with E-state index in [9.17, 15) is 22.8 Å². The third-order valence-corrected chi connectivity index (χ3v) is 4.88. The number of hydrogen-bond acceptors (Lipinski definition) is 7. The Hall–Kier alpha value is -4.59. The molecule has 0 aliphatic carbocycles. The first-order valence-corrected chi connectivity index (χ1v) is 10.3. The van der Waals surface area contributed by atoms with Gasteiger partial charge in [-0.15, -0.1) is 0 Å². The van der Waals surface area contributed by atoms with E-state index in [0.717, 1.165) is 29.2 Å². The van der Waals surface area contributed by atoms with Crippen molar-refractivity contribution >= 4 is 23.5 Å². The number of amides is 3. The van der Waals surface area contributed by atoms with Gasteiger partial charge in [-0.1, -0.05) is 11.6 Å². The molecule has 0 saturated carbocycles. The highest BCUT2D eigenvalue weighted by atomic mass is 35.5. The number of carbonyl (C=O) groups is 2. The summed E-state index contributed by atoms with van der Waals surface area (Å²) in [5.41, 5.74) is 4.04. The van der Waals surface area contributed by atoms with Crippen LogP contribution in [0, 0.1) is 17.5 Å². The molecule has 0 bridgehead atoms. The van der Waals surface area contributed by atoms with Crippen molar-refractivity contribution < 1.29 is 32.0 Å². The summed E-state index contributed by atoms with van der Waals surface area (Å²) in [7, 11) is 1.33. The number of nitrogens with zero attached hydrogens (tertiary/aromatic N) is 4. The minimum atomic E-state index is -0.875. The zero-order chi connectivity index (χ0) is 25.8. The lowest BCUT2D eigenvalue weighted by atomic mass is 10.0. The Labute approximate surface area is 205 Å². The van der Waals surface area contributed by atoms with E-state index in [2.05, 4.69) is 31.4 Å². The van der Waals surface area contributed by atoms with Crippen molar-refractivity contribution in [1.82, 2.24) is 36.1 Å². The second-order valence-electron chi connectivity index (χ2n) is 7.03. The van der Waals surface area contributed by atoms with Crippen molar-refractivity contribution in [3.05, 3.63) is 76.8 Å². The normalized spacial score (nSPS) is 10.7. The van der Waals surface area contributed by atoms with E-state index in [1.165, 1.54) is 25.4 Å². The number of hydrazine groups is 1. The number of halogens is 4. The van der Waals surface area contributed by atoms with Gasteiger partial charge in [0.25, 0.3) is 5.88 Å². The summed E-state index contributed by atoms with van der Waals surface area (Å²) in [5.74, 6) is -3.30. The minimum Gasteiger partial charge on any atom is -0.479 e. The fraction of sp³-hybridized carbons (Fsp3) is 0.0952. The summed E-state index contributed by atoms with van der Waals surface area (Å²) >= 11 is 5.96. The molecule has 186 valence electrons. The van der Waals surface area contributed by atoms with Crippen LogP contribution in [0.4, 0.5) is 18.0 Å². The highest BCUT2D eigenvalue weighted by Crippen LogP contribution is 2.32. The average molecular weight is 522 g/mol. The van der Waals surface area contributed by atoms with Crippen LogP contribution in [0.3, 0.4) is 0 Å². The van der Waals surface area contributed by atoms with Crippen molar-refractivity contribution in [3.63, 3.8) is 0 Å². The molecule has 0 radical (unpaired) electrons. The van der Waals surface area contributed by atoms with E-state index in [0.29, 0.717) is 0 Å². The number of benzene rings is 1. The highest BCUT2D eigenvalue weighted by Gasteiger charge is 2.18. The lowest BCUT2D eigenvalue weighted by Crippen LogP contribution is -2.46. The smallest absolute Gasteiger partial charge is 0.333 e. The van der Waals surface area contributed by atoms with E-state index in [4.69, 9.17) is 20.9 Å². The summed E-state index contributed by atoms with van der Waals surface area (Å²) in [6.07, 6.45) is 3.07. The Morgan fingerprint density at radius 1 is 1.11 bits per heavy atom. The molecule has 15 heteroatoms. The molecule has 0 saturated heterocycles. The quantitative estimate of drug-likeness (QED) is 0.332. The third-order valence-electron chi connectivity index (χ3n) is 4.66. The predicted molar refractivity (Wildman–Crippen MR) is 118 cm³/mol. The topological polar surface area (TPSA) is 136 Å². The molecule has 0 aliphatic rings. The number of aromatic nitrogens is 4. The zero-order valence-electron chi connectivity index (χ0n) is 18.2. The number of ether oxygens (including phenoxy) is 1. The van der Waals surface area contributed by atoms with Gasteiger partial charge in [0.2, 0.25) is 5.76 Å². The number of methoxy groups -OCH3 is 1. The number of rotatable bonds is 6. The molecular formula is C21H15ClF3N7O4. The van der Waals surface area contributed by atoms with Gasteiger partial charge in [0.05, 0.1) is 37.8 Å². The molecule has 3 heterocycles. The van der Waals surface area contributed by atoms with Crippen molar-refractivity contribution in [3.8, 4) is 22.7 Å². The first kappa shape index (κ1) is 24.5. The van der Waals surface area contributed by atoms with Gasteiger partial charge < -0.3 is 14.6 Å². The molecule has 0 unspecified atom stereocenters. The van der Waals surface area contributed by atoms with Gasteiger partial charge >= 0.3 is 11.9 Å². The van der Waals surface area contributed by atoms with Gasteiger partial charge in [-0.25, -0.2) is 28.1 Å². The monoisotopic (exact) mass is 521 g/mol. The van der Waals surface area contributed by atoms with Gasteiger partial charge in [-0.2, -0.15) is 5.10 Å². The Kier molecular flexibility index (Phi) is 7.05. The van der Waals surface area contributed by atoms with Crippen LogP contribution < -0.4 is 20.9 Å². The van der Waals surface area contributed by atoms with Crippen LogP contribution in [-0.4, -0.2) is 39.0 Å². The SMILES string of the molecule is COc1cc(C(=O)NNC(=O)NCc2ncc(-c3cc(Cl)cc(F)c3-n3cc(F)cn3)cc2F)on1. The first-order valence-electron chi connectivity index (χ1n) is 9.94. The Morgan fingerprint density at radius 3 is 2.58 bits per heavy atom. The Balaban J connectivity index is 1.44. The summed E-state index contributed by atoms with van der Waals surface area (Å²) in [6, 6.07) is 3.75. The van der Waals surface area contributed by atoms with E-state index in [1.807, 2.05) is 0 Å². The van der Waals surface area contributed by atoms with E-state index in [-0.39, 0.29) is 45.7 Å². The van der Waals surface area contributed by atoms with Crippen LogP contribution in [0.15, 0.2) is 47.4 Å². The fourth-order valence-electron chi connectivity index (χ4n) is 3.03. The fourth-order valence-corrected chi connectivity index (χ4v) is 3.24. The van der Waals surface area contributed by atoms with Crippen LogP contribution in [-0.2, 0) is 6.54 Å². The lowest BCUT2D eigenvalue weighted by molar-refractivity contribution is 0.0898. The number of nitrogens with one attached hydrogen (secondary N) is 3. The van der Waals surface area contributed by atoms with Crippen LogP contribution in [0.1, 0.15) is 16.2 Å².